The molecular formula is C15H18BrClN2. The predicted octanol–water partition coefficient (Wildman–Crippen LogP) is 4.44. The van der Waals surface area contributed by atoms with Gasteiger partial charge in [0.05, 0.1) is 17.0 Å². The standard InChI is InChI=1S/C15H18BrClN2/c1-15(2,3)19-8-10(7-18)12(9-19)11-5-4-6-13(16)14(11)17/h4-6,10,12H,8-9H2,1-3H3/t10-,12-/m0/s1. The second-order valence-corrected chi connectivity index (χ2v) is 7.29. The van der Waals surface area contributed by atoms with Crippen LogP contribution in [0.25, 0.3) is 0 Å². The first kappa shape index (κ1) is 14.8. The lowest BCUT2D eigenvalue weighted by Gasteiger charge is -2.31. The number of likely N-dealkylation sites (tertiary alicyclic amines) is 1. The van der Waals surface area contributed by atoms with Gasteiger partial charge in [-0.3, -0.25) is 4.90 Å². The van der Waals surface area contributed by atoms with Crippen LogP contribution in [0.15, 0.2) is 22.7 Å². The lowest BCUT2D eigenvalue weighted by atomic mass is 9.90. The van der Waals surface area contributed by atoms with Crippen LogP contribution in [0, 0.1) is 17.2 Å². The van der Waals surface area contributed by atoms with E-state index in [1.54, 1.807) is 0 Å². The van der Waals surface area contributed by atoms with Gasteiger partial charge >= 0.3 is 0 Å². The quantitative estimate of drug-likeness (QED) is 0.755. The molecule has 102 valence electrons. The van der Waals surface area contributed by atoms with Gasteiger partial charge in [-0.2, -0.15) is 5.26 Å². The zero-order valence-corrected chi connectivity index (χ0v) is 13.8. The number of hydrogen-bond acceptors (Lipinski definition) is 2. The normalized spacial score (nSPS) is 24.4. The number of hydrogen-bond donors (Lipinski definition) is 0. The molecule has 2 atom stereocenters. The lowest BCUT2D eigenvalue weighted by molar-refractivity contribution is 0.170. The van der Waals surface area contributed by atoms with Crippen LogP contribution < -0.4 is 0 Å². The van der Waals surface area contributed by atoms with Gasteiger partial charge in [-0.15, -0.1) is 0 Å². The van der Waals surface area contributed by atoms with E-state index >= 15 is 0 Å². The maximum atomic E-state index is 9.41. The number of rotatable bonds is 1. The second-order valence-electron chi connectivity index (χ2n) is 6.06. The molecule has 1 aliphatic heterocycles. The van der Waals surface area contributed by atoms with Crippen molar-refractivity contribution in [3.8, 4) is 6.07 Å². The molecule has 0 spiro atoms. The van der Waals surface area contributed by atoms with Crippen molar-refractivity contribution in [1.82, 2.24) is 4.90 Å². The minimum Gasteiger partial charge on any atom is -0.297 e. The molecule has 0 unspecified atom stereocenters. The summed E-state index contributed by atoms with van der Waals surface area (Å²) in [5.74, 6) is 0.195. The summed E-state index contributed by atoms with van der Waals surface area (Å²) in [6, 6.07) is 8.40. The summed E-state index contributed by atoms with van der Waals surface area (Å²) in [6.45, 7) is 8.26. The summed E-state index contributed by atoms with van der Waals surface area (Å²) in [5.41, 5.74) is 1.16. The minimum absolute atomic E-state index is 0.00558. The van der Waals surface area contributed by atoms with Gasteiger partial charge in [0.25, 0.3) is 0 Å². The Kier molecular flexibility index (Phi) is 4.25. The summed E-state index contributed by atoms with van der Waals surface area (Å²) in [7, 11) is 0. The average molecular weight is 342 g/mol. The van der Waals surface area contributed by atoms with Gasteiger partial charge < -0.3 is 0 Å². The highest BCUT2D eigenvalue weighted by atomic mass is 79.9. The van der Waals surface area contributed by atoms with Gasteiger partial charge in [0.2, 0.25) is 0 Å². The average Bonchev–Trinajstić information content (AvgIpc) is 2.76. The van der Waals surface area contributed by atoms with Crippen molar-refractivity contribution in [2.45, 2.75) is 32.2 Å². The van der Waals surface area contributed by atoms with E-state index in [0.717, 1.165) is 28.1 Å². The molecule has 2 rings (SSSR count). The Balaban J connectivity index is 2.34. The van der Waals surface area contributed by atoms with Crippen molar-refractivity contribution >= 4 is 27.5 Å². The Hall–Kier alpha value is -0.560. The first-order valence-corrected chi connectivity index (χ1v) is 7.60. The van der Waals surface area contributed by atoms with E-state index in [9.17, 15) is 5.26 Å². The van der Waals surface area contributed by atoms with Gasteiger partial charge in [-0.05, 0) is 48.3 Å². The summed E-state index contributed by atoms with van der Waals surface area (Å²) >= 11 is 9.84. The van der Waals surface area contributed by atoms with E-state index in [-0.39, 0.29) is 17.4 Å². The van der Waals surface area contributed by atoms with Gasteiger partial charge in [0, 0.05) is 29.0 Å². The second kappa shape index (κ2) is 5.44. The van der Waals surface area contributed by atoms with Crippen molar-refractivity contribution in [1.29, 1.82) is 5.26 Å². The molecule has 2 nitrogen and oxygen atoms in total. The van der Waals surface area contributed by atoms with Crippen molar-refractivity contribution in [3.05, 3.63) is 33.3 Å². The SMILES string of the molecule is CC(C)(C)N1C[C@H](c2cccc(Br)c2Cl)[C@@H](C#N)C1. The first-order chi connectivity index (χ1) is 8.84. The smallest absolute Gasteiger partial charge is 0.0676 e. The van der Waals surface area contributed by atoms with Gasteiger partial charge in [-0.1, -0.05) is 23.7 Å². The van der Waals surface area contributed by atoms with Crippen LogP contribution in [0.3, 0.4) is 0 Å². The monoisotopic (exact) mass is 340 g/mol. The van der Waals surface area contributed by atoms with E-state index in [4.69, 9.17) is 11.6 Å². The van der Waals surface area contributed by atoms with Crippen LogP contribution in [0.4, 0.5) is 0 Å². The van der Waals surface area contributed by atoms with Crippen LogP contribution in [-0.4, -0.2) is 23.5 Å². The summed E-state index contributed by atoms with van der Waals surface area (Å²) in [4.78, 5) is 2.36. The molecule has 1 fully saturated rings. The highest BCUT2D eigenvalue weighted by Gasteiger charge is 2.39. The van der Waals surface area contributed by atoms with Crippen molar-refractivity contribution < 1.29 is 0 Å². The van der Waals surface area contributed by atoms with E-state index in [0.29, 0.717) is 0 Å². The Morgan fingerprint density at radius 2 is 2.05 bits per heavy atom. The van der Waals surface area contributed by atoms with E-state index < -0.39 is 0 Å². The number of nitrogens with zero attached hydrogens (tertiary/aromatic N) is 2. The molecule has 19 heavy (non-hydrogen) atoms. The molecule has 0 aliphatic carbocycles. The summed E-state index contributed by atoms with van der Waals surface area (Å²) in [5, 5.41) is 10.1. The molecule has 0 bridgehead atoms. The Bertz CT molecular complexity index is 516. The van der Waals surface area contributed by atoms with Crippen molar-refractivity contribution in [3.63, 3.8) is 0 Å². The predicted molar refractivity (Wildman–Crippen MR) is 82.3 cm³/mol. The topological polar surface area (TPSA) is 27.0 Å². The van der Waals surface area contributed by atoms with E-state index in [1.165, 1.54) is 0 Å². The van der Waals surface area contributed by atoms with Crippen molar-refractivity contribution in [2.75, 3.05) is 13.1 Å². The number of benzene rings is 1. The highest BCUT2D eigenvalue weighted by molar-refractivity contribution is 9.10. The summed E-state index contributed by atoms with van der Waals surface area (Å²) in [6.07, 6.45) is 0. The molecule has 0 amide bonds. The molecule has 1 saturated heterocycles. The lowest BCUT2D eigenvalue weighted by Crippen LogP contribution is -2.39. The maximum Gasteiger partial charge on any atom is 0.0676 e. The van der Waals surface area contributed by atoms with Gasteiger partial charge in [-0.25, -0.2) is 0 Å². The molecular weight excluding hydrogens is 324 g/mol. The van der Waals surface area contributed by atoms with Crippen molar-refractivity contribution in [2.24, 2.45) is 5.92 Å². The summed E-state index contributed by atoms with van der Waals surface area (Å²) < 4.78 is 0.901. The highest BCUT2D eigenvalue weighted by Crippen LogP contribution is 2.40. The molecule has 1 aromatic carbocycles. The van der Waals surface area contributed by atoms with Crippen LogP contribution in [0.1, 0.15) is 32.3 Å². The Labute approximate surface area is 128 Å². The molecule has 1 aromatic rings. The molecule has 1 aliphatic rings. The molecule has 0 aromatic heterocycles. The molecule has 0 radical (unpaired) electrons. The maximum absolute atomic E-state index is 9.41. The molecule has 4 heteroatoms. The van der Waals surface area contributed by atoms with Crippen LogP contribution >= 0.6 is 27.5 Å². The van der Waals surface area contributed by atoms with E-state index in [2.05, 4.69) is 47.7 Å². The fraction of sp³-hybridized carbons (Fsp3) is 0.533. The molecule has 1 heterocycles. The van der Waals surface area contributed by atoms with E-state index in [1.807, 2.05) is 18.2 Å². The van der Waals surface area contributed by atoms with Crippen LogP contribution in [0.5, 0.6) is 0 Å². The third-order valence-electron chi connectivity index (χ3n) is 3.82. The molecule has 0 N–H and O–H groups in total. The van der Waals surface area contributed by atoms with Gasteiger partial charge in [0.15, 0.2) is 0 Å². The van der Waals surface area contributed by atoms with Crippen LogP contribution in [-0.2, 0) is 0 Å². The Morgan fingerprint density at radius 3 is 2.63 bits per heavy atom. The number of nitriles is 1. The largest absolute Gasteiger partial charge is 0.297 e. The minimum atomic E-state index is 0.00558. The zero-order chi connectivity index (χ0) is 14.2. The third-order valence-corrected chi connectivity index (χ3v) is 5.13. The van der Waals surface area contributed by atoms with Crippen LogP contribution in [0.2, 0.25) is 5.02 Å². The first-order valence-electron chi connectivity index (χ1n) is 6.43. The number of halogens is 2. The van der Waals surface area contributed by atoms with Gasteiger partial charge in [0.1, 0.15) is 0 Å². The Morgan fingerprint density at radius 1 is 1.37 bits per heavy atom. The third kappa shape index (κ3) is 2.97. The molecule has 0 saturated carbocycles. The fourth-order valence-corrected chi connectivity index (χ4v) is 3.25. The fourth-order valence-electron chi connectivity index (χ4n) is 2.60. The zero-order valence-electron chi connectivity index (χ0n) is 11.5.